The molecule has 3 rings (SSSR count). The molecule has 0 spiro atoms. The van der Waals surface area contributed by atoms with E-state index < -0.39 is 0 Å². The van der Waals surface area contributed by atoms with Gasteiger partial charge in [0.15, 0.2) is 11.5 Å². The van der Waals surface area contributed by atoms with E-state index in [1.807, 2.05) is 25.1 Å². The molecular weight excluding hydrogens is 346 g/mol. The normalized spacial score (nSPS) is 11.0. The fourth-order valence-corrected chi connectivity index (χ4v) is 2.95. The minimum Gasteiger partial charge on any atom is -0.493 e. The second-order valence-electron chi connectivity index (χ2n) is 6.33. The molecule has 8 nitrogen and oxygen atoms in total. The molecule has 0 atom stereocenters. The Balaban J connectivity index is 1.82. The van der Waals surface area contributed by atoms with Crippen molar-refractivity contribution in [3.63, 3.8) is 0 Å². The number of H-pyrrole nitrogens is 1. The van der Waals surface area contributed by atoms with Crippen molar-refractivity contribution in [1.29, 1.82) is 0 Å². The van der Waals surface area contributed by atoms with Crippen molar-refractivity contribution < 1.29 is 9.47 Å². The van der Waals surface area contributed by atoms with Crippen molar-refractivity contribution in [2.45, 2.75) is 39.7 Å². The van der Waals surface area contributed by atoms with E-state index in [1.165, 1.54) is 4.52 Å². The van der Waals surface area contributed by atoms with E-state index in [0.717, 1.165) is 36.1 Å². The molecule has 0 bridgehead atoms. The van der Waals surface area contributed by atoms with Gasteiger partial charge in [0.05, 0.1) is 19.9 Å². The number of hydrogen-bond acceptors (Lipinski definition) is 6. The van der Waals surface area contributed by atoms with Gasteiger partial charge in [0, 0.05) is 12.1 Å². The number of nitrogens with zero attached hydrogens (tertiary/aromatic N) is 3. The number of benzene rings is 1. The van der Waals surface area contributed by atoms with Crippen molar-refractivity contribution in [3.8, 4) is 11.5 Å². The summed E-state index contributed by atoms with van der Waals surface area (Å²) in [6, 6.07) is 5.68. The Labute approximate surface area is 157 Å². The highest BCUT2D eigenvalue weighted by molar-refractivity contribution is 5.44. The van der Waals surface area contributed by atoms with Crippen LogP contribution in [0.1, 0.15) is 36.6 Å². The highest BCUT2D eigenvalue weighted by atomic mass is 16.5. The number of anilines is 1. The van der Waals surface area contributed by atoms with Crippen LogP contribution in [0.5, 0.6) is 11.5 Å². The Bertz CT molecular complexity index is 993. The van der Waals surface area contributed by atoms with Crippen molar-refractivity contribution in [2.24, 2.45) is 0 Å². The van der Waals surface area contributed by atoms with E-state index in [2.05, 4.69) is 27.3 Å². The average molecular weight is 371 g/mol. The zero-order chi connectivity index (χ0) is 19.4. The van der Waals surface area contributed by atoms with Crippen LogP contribution in [-0.2, 0) is 13.0 Å². The second-order valence-corrected chi connectivity index (χ2v) is 6.33. The van der Waals surface area contributed by atoms with Crippen LogP contribution in [0, 0.1) is 6.92 Å². The molecule has 2 heterocycles. The number of methoxy groups -OCH3 is 2. The molecular formula is C19H25N5O3. The second kappa shape index (κ2) is 8.11. The third-order valence-corrected chi connectivity index (χ3v) is 4.48. The molecule has 8 heteroatoms. The van der Waals surface area contributed by atoms with Gasteiger partial charge in [-0.2, -0.15) is 9.50 Å². The number of ether oxygens (including phenoxy) is 2. The van der Waals surface area contributed by atoms with E-state index in [9.17, 15) is 4.79 Å². The Morgan fingerprint density at radius 1 is 1.19 bits per heavy atom. The predicted octanol–water partition coefficient (Wildman–Crippen LogP) is 2.70. The number of fused-ring (bicyclic) bond motifs is 1. The number of aromatic amines is 1. The van der Waals surface area contributed by atoms with Crippen LogP contribution in [0.2, 0.25) is 0 Å². The molecule has 27 heavy (non-hydrogen) atoms. The van der Waals surface area contributed by atoms with Crippen molar-refractivity contribution >= 4 is 11.7 Å². The van der Waals surface area contributed by atoms with Gasteiger partial charge in [0.2, 0.25) is 5.95 Å². The standard InChI is InChI=1S/C19H25N5O3/c1-5-6-7-14-12(2)21-19-22-18(23-24(19)17(14)25)20-11-13-8-9-15(26-3)16(10-13)27-4/h8-10H,5-7,11H2,1-4H3,(H2,20,21,22,23). The lowest BCUT2D eigenvalue weighted by atomic mass is 10.1. The lowest BCUT2D eigenvalue weighted by Gasteiger charge is -2.09. The maximum Gasteiger partial charge on any atom is 0.277 e. The molecule has 0 aliphatic rings. The van der Waals surface area contributed by atoms with Gasteiger partial charge in [-0.3, -0.25) is 9.89 Å². The van der Waals surface area contributed by atoms with Crippen LogP contribution in [0.25, 0.3) is 5.78 Å². The smallest absolute Gasteiger partial charge is 0.277 e. The van der Waals surface area contributed by atoms with Gasteiger partial charge < -0.3 is 14.8 Å². The highest BCUT2D eigenvalue weighted by Gasteiger charge is 2.13. The van der Waals surface area contributed by atoms with E-state index in [0.29, 0.717) is 29.8 Å². The van der Waals surface area contributed by atoms with Gasteiger partial charge in [-0.1, -0.05) is 19.4 Å². The molecule has 1 aromatic carbocycles. The summed E-state index contributed by atoms with van der Waals surface area (Å²) in [6.45, 7) is 4.47. The van der Waals surface area contributed by atoms with Gasteiger partial charge in [-0.05, 0) is 37.5 Å². The molecule has 0 saturated carbocycles. The number of aromatic nitrogens is 4. The fourth-order valence-electron chi connectivity index (χ4n) is 2.95. The number of nitrogens with one attached hydrogen (secondary N) is 2. The van der Waals surface area contributed by atoms with Gasteiger partial charge in [0.1, 0.15) is 0 Å². The Hall–Kier alpha value is -3.03. The minimum atomic E-state index is -0.0855. The van der Waals surface area contributed by atoms with Crippen LogP contribution in [0.3, 0.4) is 0 Å². The van der Waals surface area contributed by atoms with E-state index in [-0.39, 0.29) is 5.56 Å². The fraction of sp³-hybridized carbons (Fsp3) is 0.421. The molecule has 0 unspecified atom stereocenters. The van der Waals surface area contributed by atoms with E-state index in [4.69, 9.17) is 9.47 Å². The van der Waals surface area contributed by atoms with E-state index in [1.54, 1.807) is 14.2 Å². The van der Waals surface area contributed by atoms with Crippen LogP contribution in [-0.4, -0.2) is 33.8 Å². The largest absolute Gasteiger partial charge is 0.493 e. The third-order valence-electron chi connectivity index (χ3n) is 4.48. The van der Waals surface area contributed by atoms with Gasteiger partial charge in [0.25, 0.3) is 11.3 Å². The summed E-state index contributed by atoms with van der Waals surface area (Å²) in [5, 5.41) is 6.18. The highest BCUT2D eigenvalue weighted by Crippen LogP contribution is 2.27. The molecule has 2 N–H and O–H groups in total. The maximum absolute atomic E-state index is 12.7. The molecule has 2 aromatic heterocycles. The Morgan fingerprint density at radius 2 is 1.96 bits per heavy atom. The molecule has 144 valence electrons. The summed E-state index contributed by atoms with van der Waals surface area (Å²) < 4.78 is 12.0. The van der Waals surface area contributed by atoms with Crippen LogP contribution in [0.4, 0.5) is 5.95 Å². The zero-order valence-electron chi connectivity index (χ0n) is 16.1. The molecule has 0 fully saturated rings. The van der Waals surface area contributed by atoms with Gasteiger partial charge in [-0.25, -0.2) is 4.98 Å². The topological polar surface area (TPSA) is 93.5 Å². The number of rotatable bonds is 8. The summed E-state index contributed by atoms with van der Waals surface area (Å²) in [7, 11) is 3.20. The molecule has 0 amide bonds. The summed E-state index contributed by atoms with van der Waals surface area (Å²) >= 11 is 0. The predicted molar refractivity (Wildman–Crippen MR) is 104 cm³/mol. The number of hydrogen-bond donors (Lipinski definition) is 2. The van der Waals surface area contributed by atoms with E-state index >= 15 is 0 Å². The van der Waals surface area contributed by atoms with Crippen LogP contribution in [0.15, 0.2) is 23.0 Å². The molecule has 0 aliphatic heterocycles. The monoisotopic (exact) mass is 371 g/mol. The van der Waals surface area contributed by atoms with Crippen molar-refractivity contribution in [2.75, 3.05) is 19.5 Å². The summed E-state index contributed by atoms with van der Waals surface area (Å²) in [6.07, 6.45) is 2.72. The quantitative estimate of drug-likeness (QED) is 0.632. The minimum absolute atomic E-state index is 0.0855. The first-order chi connectivity index (χ1) is 13.1. The lowest BCUT2D eigenvalue weighted by Crippen LogP contribution is -2.22. The average Bonchev–Trinajstić information content (AvgIpc) is 3.09. The Morgan fingerprint density at radius 3 is 2.67 bits per heavy atom. The molecule has 3 aromatic rings. The molecule has 0 aliphatic carbocycles. The SMILES string of the molecule is CCCCc1c(C)nc2nc(NCc3ccc(OC)c(OC)c3)[nH]n2c1=O. The summed E-state index contributed by atoms with van der Waals surface area (Å²) in [5.41, 5.74) is 2.39. The third kappa shape index (κ3) is 3.89. The summed E-state index contributed by atoms with van der Waals surface area (Å²) in [4.78, 5) is 21.5. The molecule has 0 radical (unpaired) electrons. The van der Waals surface area contributed by atoms with Gasteiger partial charge >= 0.3 is 0 Å². The summed E-state index contributed by atoms with van der Waals surface area (Å²) in [5.74, 6) is 2.19. The molecule has 0 saturated heterocycles. The van der Waals surface area contributed by atoms with Crippen LogP contribution >= 0.6 is 0 Å². The first-order valence-electron chi connectivity index (χ1n) is 9.00. The first-order valence-corrected chi connectivity index (χ1v) is 9.00. The number of aryl methyl sites for hydroxylation is 1. The zero-order valence-corrected chi connectivity index (χ0v) is 16.1. The van der Waals surface area contributed by atoms with Gasteiger partial charge in [-0.15, -0.1) is 0 Å². The van der Waals surface area contributed by atoms with Crippen molar-refractivity contribution in [3.05, 3.63) is 45.4 Å². The number of unbranched alkanes of at least 4 members (excludes halogenated alkanes) is 1. The van der Waals surface area contributed by atoms with Crippen molar-refractivity contribution in [1.82, 2.24) is 19.6 Å². The Kier molecular flexibility index (Phi) is 5.63. The van der Waals surface area contributed by atoms with Crippen LogP contribution < -0.4 is 20.3 Å². The maximum atomic E-state index is 12.7. The first kappa shape index (κ1) is 18.8. The lowest BCUT2D eigenvalue weighted by molar-refractivity contribution is 0.354.